The molecule has 0 amide bonds. The van der Waals surface area contributed by atoms with E-state index in [1.54, 1.807) is 0 Å². The molecule has 0 aliphatic heterocycles. The van der Waals surface area contributed by atoms with Crippen molar-refractivity contribution in [1.29, 1.82) is 0 Å². The molecule has 0 saturated heterocycles. The Morgan fingerprint density at radius 2 is 1.81 bits per heavy atom. The second-order valence-electron chi connectivity index (χ2n) is 5.61. The summed E-state index contributed by atoms with van der Waals surface area (Å²) in [7, 11) is -2.90. The zero-order chi connectivity index (χ0) is 15.3. The standard InChI is InChI=1S/C14H24N4O2S/c1-3-7-15-12-10-13(16-8-4-9-21(2,19)20)18-14(17-12)11-5-6-11/h10-11H,3-9H2,1-2H3,(H2,15,16,17,18). The Bertz CT molecular complexity index is 570. The van der Waals surface area contributed by atoms with Gasteiger partial charge in [-0.1, -0.05) is 6.92 Å². The highest BCUT2D eigenvalue weighted by atomic mass is 32.2. The first kappa shape index (κ1) is 16.0. The van der Waals surface area contributed by atoms with Crippen LogP contribution in [0, 0.1) is 0 Å². The van der Waals surface area contributed by atoms with Crippen LogP contribution < -0.4 is 10.6 Å². The second-order valence-corrected chi connectivity index (χ2v) is 7.87. The summed E-state index contributed by atoms with van der Waals surface area (Å²) in [6.07, 6.45) is 5.20. The lowest BCUT2D eigenvalue weighted by molar-refractivity contribution is 0.600. The molecule has 1 saturated carbocycles. The van der Waals surface area contributed by atoms with Crippen LogP contribution in [0.4, 0.5) is 11.6 Å². The zero-order valence-electron chi connectivity index (χ0n) is 12.7. The van der Waals surface area contributed by atoms with Gasteiger partial charge in [-0.15, -0.1) is 0 Å². The highest BCUT2D eigenvalue weighted by Crippen LogP contribution is 2.38. The van der Waals surface area contributed by atoms with Crippen molar-refractivity contribution in [3.63, 3.8) is 0 Å². The molecule has 0 unspecified atom stereocenters. The summed E-state index contributed by atoms with van der Waals surface area (Å²) in [5.41, 5.74) is 0. The average molecular weight is 312 g/mol. The minimum Gasteiger partial charge on any atom is -0.370 e. The number of aromatic nitrogens is 2. The molecule has 1 aromatic rings. The number of hydrogen-bond acceptors (Lipinski definition) is 6. The van der Waals surface area contributed by atoms with E-state index in [0.717, 1.165) is 43.3 Å². The molecule has 6 nitrogen and oxygen atoms in total. The first-order valence-corrected chi connectivity index (χ1v) is 9.58. The van der Waals surface area contributed by atoms with E-state index in [0.29, 0.717) is 18.9 Å². The van der Waals surface area contributed by atoms with E-state index in [2.05, 4.69) is 27.5 Å². The summed E-state index contributed by atoms with van der Waals surface area (Å²) < 4.78 is 22.2. The predicted octanol–water partition coefficient (Wildman–Crippen LogP) is 2.02. The van der Waals surface area contributed by atoms with E-state index in [1.807, 2.05) is 6.07 Å². The van der Waals surface area contributed by atoms with Gasteiger partial charge in [0.2, 0.25) is 0 Å². The van der Waals surface area contributed by atoms with Crippen LogP contribution in [0.15, 0.2) is 6.07 Å². The summed E-state index contributed by atoms with van der Waals surface area (Å²) in [5.74, 6) is 3.20. The molecule has 21 heavy (non-hydrogen) atoms. The van der Waals surface area contributed by atoms with Gasteiger partial charge in [0.1, 0.15) is 27.3 Å². The van der Waals surface area contributed by atoms with Gasteiger partial charge >= 0.3 is 0 Å². The highest BCUT2D eigenvalue weighted by molar-refractivity contribution is 7.90. The van der Waals surface area contributed by atoms with E-state index in [4.69, 9.17) is 0 Å². The maximum absolute atomic E-state index is 11.1. The third kappa shape index (κ3) is 5.87. The Labute approximate surface area is 126 Å². The number of hydrogen-bond donors (Lipinski definition) is 2. The van der Waals surface area contributed by atoms with Crippen LogP contribution in [-0.2, 0) is 9.84 Å². The molecule has 2 N–H and O–H groups in total. The maximum Gasteiger partial charge on any atom is 0.147 e. The van der Waals surface area contributed by atoms with E-state index < -0.39 is 9.84 Å². The van der Waals surface area contributed by atoms with Crippen LogP contribution in [0.25, 0.3) is 0 Å². The third-order valence-electron chi connectivity index (χ3n) is 3.24. The summed E-state index contributed by atoms with van der Waals surface area (Å²) >= 11 is 0. The second kappa shape index (κ2) is 7.06. The van der Waals surface area contributed by atoms with E-state index >= 15 is 0 Å². The molecule has 1 heterocycles. The summed E-state index contributed by atoms with van der Waals surface area (Å²) in [6, 6.07) is 1.89. The van der Waals surface area contributed by atoms with Crippen LogP contribution >= 0.6 is 0 Å². The fraction of sp³-hybridized carbons (Fsp3) is 0.714. The molecule has 0 bridgehead atoms. The van der Waals surface area contributed by atoms with Crippen molar-refractivity contribution in [2.24, 2.45) is 0 Å². The van der Waals surface area contributed by atoms with Gasteiger partial charge in [-0.25, -0.2) is 18.4 Å². The van der Waals surface area contributed by atoms with E-state index in [9.17, 15) is 8.42 Å². The Balaban J connectivity index is 1.95. The fourth-order valence-electron chi connectivity index (χ4n) is 1.97. The van der Waals surface area contributed by atoms with E-state index in [-0.39, 0.29) is 5.75 Å². The van der Waals surface area contributed by atoms with Crippen LogP contribution in [0.5, 0.6) is 0 Å². The van der Waals surface area contributed by atoms with Crippen molar-refractivity contribution in [1.82, 2.24) is 9.97 Å². The topological polar surface area (TPSA) is 84.0 Å². The molecular formula is C14H24N4O2S. The van der Waals surface area contributed by atoms with Gasteiger partial charge in [0, 0.05) is 31.3 Å². The normalized spacial score (nSPS) is 15.0. The molecule has 118 valence electrons. The molecule has 1 aliphatic rings. The lowest BCUT2D eigenvalue weighted by atomic mass is 10.3. The zero-order valence-corrected chi connectivity index (χ0v) is 13.5. The van der Waals surface area contributed by atoms with Gasteiger partial charge < -0.3 is 10.6 Å². The van der Waals surface area contributed by atoms with Gasteiger partial charge in [0.15, 0.2) is 0 Å². The molecule has 2 rings (SSSR count). The molecule has 0 atom stereocenters. The lowest BCUT2D eigenvalue weighted by Crippen LogP contribution is -2.12. The number of anilines is 2. The monoisotopic (exact) mass is 312 g/mol. The summed E-state index contributed by atoms with van der Waals surface area (Å²) in [5, 5.41) is 6.49. The Morgan fingerprint density at radius 3 is 2.33 bits per heavy atom. The molecular weight excluding hydrogens is 288 g/mol. The van der Waals surface area contributed by atoms with Crippen molar-refractivity contribution >= 4 is 21.5 Å². The van der Waals surface area contributed by atoms with Gasteiger partial charge in [-0.2, -0.15) is 0 Å². The quantitative estimate of drug-likeness (QED) is 0.679. The van der Waals surface area contributed by atoms with Crippen LogP contribution in [-0.4, -0.2) is 43.5 Å². The van der Waals surface area contributed by atoms with Crippen LogP contribution in [0.3, 0.4) is 0 Å². The molecule has 0 aromatic carbocycles. The van der Waals surface area contributed by atoms with Crippen LogP contribution in [0.2, 0.25) is 0 Å². The van der Waals surface area contributed by atoms with Crippen molar-refractivity contribution in [3.8, 4) is 0 Å². The Morgan fingerprint density at radius 1 is 1.19 bits per heavy atom. The molecule has 0 radical (unpaired) electrons. The predicted molar refractivity (Wildman–Crippen MR) is 85.6 cm³/mol. The number of rotatable bonds is 9. The third-order valence-corrected chi connectivity index (χ3v) is 4.27. The molecule has 1 fully saturated rings. The summed E-state index contributed by atoms with van der Waals surface area (Å²) in [6.45, 7) is 3.59. The molecule has 7 heteroatoms. The minimum absolute atomic E-state index is 0.196. The first-order valence-electron chi connectivity index (χ1n) is 7.52. The van der Waals surface area contributed by atoms with Crippen molar-refractivity contribution < 1.29 is 8.42 Å². The largest absolute Gasteiger partial charge is 0.370 e. The Kier molecular flexibility index (Phi) is 5.39. The fourth-order valence-corrected chi connectivity index (χ4v) is 2.64. The maximum atomic E-state index is 11.1. The lowest BCUT2D eigenvalue weighted by Gasteiger charge is -2.10. The molecule has 1 aromatic heterocycles. The summed E-state index contributed by atoms with van der Waals surface area (Å²) in [4.78, 5) is 9.07. The SMILES string of the molecule is CCCNc1cc(NCCCS(C)(=O)=O)nc(C2CC2)n1. The number of sulfone groups is 1. The Hall–Kier alpha value is -1.37. The first-order chi connectivity index (χ1) is 9.98. The van der Waals surface area contributed by atoms with Crippen molar-refractivity contribution in [2.75, 3.05) is 35.7 Å². The van der Waals surface area contributed by atoms with Gasteiger partial charge in [-0.3, -0.25) is 0 Å². The minimum atomic E-state index is -2.90. The average Bonchev–Trinajstić information content (AvgIpc) is 3.24. The highest BCUT2D eigenvalue weighted by Gasteiger charge is 2.27. The number of nitrogens with zero attached hydrogens (tertiary/aromatic N) is 2. The van der Waals surface area contributed by atoms with Gasteiger partial charge in [0.25, 0.3) is 0 Å². The molecule has 0 spiro atoms. The van der Waals surface area contributed by atoms with Gasteiger partial charge in [-0.05, 0) is 25.7 Å². The number of nitrogens with one attached hydrogen (secondary N) is 2. The van der Waals surface area contributed by atoms with E-state index in [1.165, 1.54) is 6.26 Å². The van der Waals surface area contributed by atoms with Gasteiger partial charge in [0.05, 0.1) is 5.75 Å². The van der Waals surface area contributed by atoms with Crippen molar-refractivity contribution in [2.45, 2.75) is 38.5 Å². The van der Waals surface area contributed by atoms with Crippen molar-refractivity contribution in [3.05, 3.63) is 11.9 Å². The smallest absolute Gasteiger partial charge is 0.147 e. The van der Waals surface area contributed by atoms with Crippen LogP contribution in [0.1, 0.15) is 44.3 Å². The molecule has 1 aliphatic carbocycles.